The van der Waals surface area contributed by atoms with E-state index in [2.05, 4.69) is 5.32 Å². The molecule has 5 heteroatoms. The largest absolute Gasteiger partial charge is 0.319 e. The Morgan fingerprint density at radius 1 is 0.931 bits per heavy atom. The number of para-hydroxylation sites is 1. The molecule has 0 unspecified atom stereocenters. The minimum atomic E-state index is -0.474. The van der Waals surface area contributed by atoms with Gasteiger partial charge >= 0.3 is 0 Å². The Morgan fingerprint density at radius 3 is 2.28 bits per heavy atom. The topological polar surface area (TPSA) is 46.9 Å². The number of carbonyl (C=O) groups excluding carboxylic acids is 1. The third kappa shape index (κ3) is 3.67. The maximum Gasteiger partial charge on any atom is 0.259 e. The van der Waals surface area contributed by atoms with Gasteiger partial charge in [-0.1, -0.05) is 54.6 Å². The molecule has 1 heterocycles. The molecule has 0 atom stereocenters. The second-order valence-electron chi connectivity index (χ2n) is 6.86. The van der Waals surface area contributed by atoms with Crippen molar-refractivity contribution in [2.75, 3.05) is 5.32 Å². The number of carbonyl (C=O) groups is 1. The zero-order valence-electron chi connectivity index (χ0n) is 16.2. The molecule has 4 nitrogen and oxygen atoms in total. The van der Waals surface area contributed by atoms with Gasteiger partial charge in [0, 0.05) is 5.56 Å². The zero-order chi connectivity index (χ0) is 20.4. The average Bonchev–Trinajstić information content (AvgIpc) is 3.09. The van der Waals surface area contributed by atoms with Crippen molar-refractivity contribution in [3.8, 4) is 16.9 Å². The van der Waals surface area contributed by atoms with E-state index in [9.17, 15) is 9.18 Å². The summed E-state index contributed by atoms with van der Waals surface area (Å²) >= 11 is 0. The Balaban J connectivity index is 1.84. The van der Waals surface area contributed by atoms with E-state index in [1.807, 2.05) is 74.5 Å². The first kappa shape index (κ1) is 18.6. The van der Waals surface area contributed by atoms with Gasteiger partial charge in [-0.2, -0.15) is 5.10 Å². The molecule has 4 aromatic rings. The predicted molar refractivity (Wildman–Crippen MR) is 113 cm³/mol. The molecule has 0 radical (unpaired) electrons. The summed E-state index contributed by atoms with van der Waals surface area (Å²) in [6, 6.07) is 23.8. The van der Waals surface area contributed by atoms with Crippen LogP contribution in [0.4, 0.5) is 10.1 Å². The summed E-state index contributed by atoms with van der Waals surface area (Å²) in [6.45, 7) is 3.69. The number of aryl methyl sites for hydroxylation is 1. The number of amides is 1. The third-order valence-corrected chi connectivity index (χ3v) is 4.76. The molecule has 0 bridgehead atoms. The second kappa shape index (κ2) is 7.72. The summed E-state index contributed by atoms with van der Waals surface area (Å²) in [5.41, 5.74) is 4.34. The van der Waals surface area contributed by atoms with Crippen molar-refractivity contribution in [1.82, 2.24) is 9.78 Å². The van der Waals surface area contributed by atoms with Gasteiger partial charge in [0.2, 0.25) is 0 Å². The summed E-state index contributed by atoms with van der Waals surface area (Å²) in [7, 11) is 0. The van der Waals surface area contributed by atoms with E-state index in [1.165, 1.54) is 6.07 Å². The molecular formula is C24H20FN3O. The van der Waals surface area contributed by atoms with E-state index in [0.717, 1.165) is 16.8 Å². The molecule has 1 aromatic heterocycles. The first-order valence-electron chi connectivity index (χ1n) is 9.32. The van der Waals surface area contributed by atoms with Crippen LogP contribution in [0.1, 0.15) is 21.6 Å². The van der Waals surface area contributed by atoms with Gasteiger partial charge in [-0.25, -0.2) is 9.07 Å². The smallest absolute Gasteiger partial charge is 0.259 e. The van der Waals surface area contributed by atoms with E-state index in [1.54, 1.807) is 16.8 Å². The molecule has 3 aromatic carbocycles. The Hall–Kier alpha value is -3.73. The van der Waals surface area contributed by atoms with Crippen LogP contribution >= 0.6 is 0 Å². The van der Waals surface area contributed by atoms with E-state index in [-0.39, 0.29) is 5.69 Å². The lowest BCUT2D eigenvalue weighted by molar-refractivity contribution is 0.102. The maximum absolute atomic E-state index is 14.2. The van der Waals surface area contributed by atoms with Crippen molar-refractivity contribution < 1.29 is 9.18 Å². The molecule has 0 aliphatic carbocycles. The van der Waals surface area contributed by atoms with E-state index >= 15 is 0 Å². The quantitative estimate of drug-likeness (QED) is 0.501. The Bertz CT molecular complexity index is 1170. The summed E-state index contributed by atoms with van der Waals surface area (Å²) in [6.07, 6.45) is 0. The number of hydrogen-bond acceptors (Lipinski definition) is 2. The summed E-state index contributed by atoms with van der Waals surface area (Å²) in [4.78, 5) is 13.2. The van der Waals surface area contributed by atoms with E-state index in [0.29, 0.717) is 17.0 Å². The highest BCUT2D eigenvalue weighted by Gasteiger charge is 2.23. The van der Waals surface area contributed by atoms with Gasteiger partial charge in [-0.3, -0.25) is 4.79 Å². The number of rotatable bonds is 4. The van der Waals surface area contributed by atoms with Gasteiger partial charge in [0.05, 0.1) is 22.6 Å². The van der Waals surface area contributed by atoms with Crippen LogP contribution in [-0.4, -0.2) is 15.7 Å². The minimum Gasteiger partial charge on any atom is -0.319 e. The van der Waals surface area contributed by atoms with Gasteiger partial charge in [0.25, 0.3) is 5.91 Å². The monoisotopic (exact) mass is 385 g/mol. The minimum absolute atomic E-state index is 0.154. The predicted octanol–water partition coefficient (Wildman–Crippen LogP) is 5.55. The third-order valence-electron chi connectivity index (χ3n) is 4.76. The van der Waals surface area contributed by atoms with Crippen molar-refractivity contribution >= 4 is 11.6 Å². The standard InChI is InChI=1S/C24H20FN3O/c1-16-13-14-20(25)21(15-16)26-24(29)22-17(2)28(19-11-7-4-8-12-19)27-23(22)18-9-5-3-6-10-18/h3-15H,1-2H3,(H,26,29). The van der Waals surface area contributed by atoms with Gasteiger partial charge in [-0.15, -0.1) is 0 Å². The Labute approximate surface area is 168 Å². The Kier molecular flexibility index (Phi) is 4.96. The average molecular weight is 385 g/mol. The van der Waals surface area contributed by atoms with Crippen LogP contribution in [0.25, 0.3) is 16.9 Å². The van der Waals surface area contributed by atoms with Gasteiger partial charge in [-0.05, 0) is 43.7 Å². The number of aromatic nitrogens is 2. The molecule has 144 valence electrons. The molecule has 1 N–H and O–H groups in total. The van der Waals surface area contributed by atoms with Gasteiger partial charge < -0.3 is 5.32 Å². The second-order valence-corrected chi connectivity index (χ2v) is 6.86. The zero-order valence-corrected chi connectivity index (χ0v) is 16.2. The van der Waals surface area contributed by atoms with Crippen molar-refractivity contribution in [1.29, 1.82) is 0 Å². The van der Waals surface area contributed by atoms with Gasteiger partial charge in [0.15, 0.2) is 0 Å². The normalized spacial score (nSPS) is 10.7. The van der Waals surface area contributed by atoms with E-state index < -0.39 is 11.7 Å². The van der Waals surface area contributed by atoms with Crippen molar-refractivity contribution in [3.63, 3.8) is 0 Å². The van der Waals surface area contributed by atoms with Crippen molar-refractivity contribution in [2.24, 2.45) is 0 Å². The van der Waals surface area contributed by atoms with Crippen LogP contribution in [0.5, 0.6) is 0 Å². The molecule has 0 aliphatic rings. The highest BCUT2D eigenvalue weighted by Crippen LogP contribution is 2.28. The SMILES string of the molecule is Cc1ccc(F)c(NC(=O)c2c(-c3ccccc3)nn(-c3ccccc3)c2C)c1. The van der Waals surface area contributed by atoms with Crippen LogP contribution in [0.3, 0.4) is 0 Å². The number of hydrogen-bond donors (Lipinski definition) is 1. The number of nitrogens with zero attached hydrogens (tertiary/aromatic N) is 2. The number of halogens is 1. The molecule has 0 fully saturated rings. The highest BCUT2D eigenvalue weighted by atomic mass is 19.1. The first-order valence-corrected chi connectivity index (χ1v) is 9.32. The lowest BCUT2D eigenvalue weighted by Crippen LogP contribution is -2.15. The lowest BCUT2D eigenvalue weighted by Gasteiger charge is -2.09. The van der Waals surface area contributed by atoms with Gasteiger partial charge in [0.1, 0.15) is 11.5 Å². The molecule has 0 aliphatic heterocycles. The molecule has 4 rings (SSSR count). The Morgan fingerprint density at radius 2 is 1.59 bits per heavy atom. The van der Waals surface area contributed by atoms with E-state index in [4.69, 9.17) is 5.10 Å². The molecule has 0 saturated heterocycles. The van der Waals surface area contributed by atoms with Crippen LogP contribution < -0.4 is 5.32 Å². The van der Waals surface area contributed by atoms with Crippen LogP contribution in [0.2, 0.25) is 0 Å². The molecule has 0 saturated carbocycles. The molecular weight excluding hydrogens is 365 g/mol. The molecule has 1 amide bonds. The fourth-order valence-corrected chi connectivity index (χ4v) is 3.31. The van der Waals surface area contributed by atoms with Crippen molar-refractivity contribution in [3.05, 3.63) is 102 Å². The first-order chi connectivity index (χ1) is 14.0. The molecule has 0 spiro atoms. The van der Waals surface area contributed by atoms with Crippen LogP contribution in [-0.2, 0) is 0 Å². The lowest BCUT2D eigenvalue weighted by atomic mass is 10.1. The summed E-state index contributed by atoms with van der Waals surface area (Å²) in [5.74, 6) is -0.869. The fraction of sp³-hybridized carbons (Fsp3) is 0.0833. The summed E-state index contributed by atoms with van der Waals surface area (Å²) in [5, 5.41) is 7.43. The fourth-order valence-electron chi connectivity index (χ4n) is 3.31. The van der Waals surface area contributed by atoms with Crippen LogP contribution in [0, 0.1) is 19.7 Å². The number of anilines is 1. The number of benzene rings is 3. The number of nitrogens with one attached hydrogen (secondary N) is 1. The van der Waals surface area contributed by atoms with Crippen LogP contribution in [0.15, 0.2) is 78.9 Å². The molecule has 29 heavy (non-hydrogen) atoms. The highest BCUT2D eigenvalue weighted by molar-refractivity contribution is 6.09. The summed E-state index contributed by atoms with van der Waals surface area (Å²) < 4.78 is 15.9. The van der Waals surface area contributed by atoms with Crippen molar-refractivity contribution in [2.45, 2.75) is 13.8 Å². The maximum atomic E-state index is 14.2.